The Balaban J connectivity index is 1.80. The Morgan fingerprint density at radius 1 is 1.29 bits per heavy atom. The molecule has 34 heavy (non-hydrogen) atoms. The highest BCUT2D eigenvalue weighted by Crippen LogP contribution is 2.41. The van der Waals surface area contributed by atoms with Crippen LogP contribution in [0.4, 0.5) is 9.18 Å². The highest BCUT2D eigenvalue weighted by Gasteiger charge is 2.45. The van der Waals surface area contributed by atoms with E-state index in [1.807, 2.05) is 6.92 Å². The summed E-state index contributed by atoms with van der Waals surface area (Å²) in [6.45, 7) is 8.78. The summed E-state index contributed by atoms with van der Waals surface area (Å²) in [5, 5.41) is 24.0. The maximum Gasteiger partial charge on any atom is 0.318 e. The highest BCUT2D eigenvalue weighted by molar-refractivity contribution is 6.09. The molecule has 3 rings (SSSR count). The molecule has 1 aliphatic heterocycles. The normalized spacial score (nSPS) is 19.9. The van der Waals surface area contributed by atoms with E-state index in [1.165, 1.54) is 17.0 Å². The van der Waals surface area contributed by atoms with Gasteiger partial charge in [0.25, 0.3) is 0 Å². The molecule has 1 saturated carbocycles. The first kappa shape index (κ1) is 25.7. The smallest absolute Gasteiger partial charge is 0.318 e. The van der Waals surface area contributed by atoms with Crippen LogP contribution in [0.2, 0.25) is 0 Å². The van der Waals surface area contributed by atoms with Crippen molar-refractivity contribution in [1.29, 1.82) is 5.41 Å². The standard InChI is InChI=1S/C25H36FN5O3/c1-23(2,14-32)19(15-8-6-9-16(26)12-15)29-22(34)31-13-17(18(27)24(31,3)4)20(28)30-21(33)25(5)10-7-11-25/h6,8-9,12,19,32H,7,10-11,13-14,27H2,1-5H3,(H,29,34)(H2,28,30,33). The number of nitrogens with one attached hydrogen (secondary N) is 3. The number of aliphatic hydroxyl groups is 1. The molecule has 0 bridgehead atoms. The van der Waals surface area contributed by atoms with E-state index in [9.17, 15) is 19.1 Å². The van der Waals surface area contributed by atoms with Crippen molar-refractivity contribution in [2.24, 2.45) is 16.6 Å². The second-order valence-corrected chi connectivity index (χ2v) is 10.9. The van der Waals surface area contributed by atoms with Crippen LogP contribution in [0, 0.1) is 22.1 Å². The van der Waals surface area contributed by atoms with Crippen molar-refractivity contribution < 1.29 is 19.1 Å². The molecule has 1 aromatic rings. The molecule has 1 heterocycles. The van der Waals surface area contributed by atoms with Crippen LogP contribution in [-0.2, 0) is 4.79 Å². The molecule has 0 aromatic heterocycles. The van der Waals surface area contributed by atoms with Crippen molar-refractivity contribution >= 4 is 17.8 Å². The number of amides is 3. The molecule has 186 valence electrons. The molecule has 1 fully saturated rings. The van der Waals surface area contributed by atoms with Crippen molar-refractivity contribution in [2.45, 2.75) is 65.5 Å². The van der Waals surface area contributed by atoms with Crippen LogP contribution in [0.3, 0.4) is 0 Å². The molecular formula is C25H36FN5O3. The van der Waals surface area contributed by atoms with Gasteiger partial charge in [0.1, 0.15) is 11.7 Å². The van der Waals surface area contributed by atoms with E-state index in [1.54, 1.807) is 39.8 Å². The van der Waals surface area contributed by atoms with E-state index in [0.717, 1.165) is 19.3 Å². The van der Waals surface area contributed by atoms with Gasteiger partial charge in [-0.1, -0.05) is 39.3 Å². The van der Waals surface area contributed by atoms with Gasteiger partial charge in [-0.25, -0.2) is 9.18 Å². The van der Waals surface area contributed by atoms with Crippen LogP contribution in [0.5, 0.6) is 0 Å². The number of carbonyl (C=O) groups excluding carboxylic acids is 2. The molecule has 9 heteroatoms. The Labute approximate surface area is 200 Å². The third-order valence-electron chi connectivity index (χ3n) is 7.40. The van der Waals surface area contributed by atoms with Gasteiger partial charge < -0.3 is 26.4 Å². The molecule has 1 aromatic carbocycles. The van der Waals surface area contributed by atoms with E-state index in [2.05, 4.69) is 10.6 Å². The largest absolute Gasteiger partial charge is 0.400 e. The fraction of sp³-hybridized carbons (Fsp3) is 0.560. The SMILES string of the molecule is CC1(C(=O)NC(=N)C2=C(N)C(C)(C)N(C(=O)NC(c3cccc(F)c3)C(C)(C)CO)C2)CCC1. The molecule has 1 atom stereocenters. The minimum atomic E-state index is -0.924. The number of halogens is 1. The summed E-state index contributed by atoms with van der Waals surface area (Å²) in [6.07, 6.45) is 2.55. The predicted octanol–water partition coefficient (Wildman–Crippen LogP) is 3.19. The van der Waals surface area contributed by atoms with Crippen molar-refractivity contribution in [3.05, 3.63) is 46.9 Å². The summed E-state index contributed by atoms with van der Waals surface area (Å²) >= 11 is 0. The van der Waals surface area contributed by atoms with Crippen molar-refractivity contribution in [1.82, 2.24) is 15.5 Å². The van der Waals surface area contributed by atoms with Gasteiger partial charge in [-0.15, -0.1) is 0 Å². The number of nitrogens with two attached hydrogens (primary N) is 1. The van der Waals surface area contributed by atoms with Crippen LogP contribution < -0.4 is 16.4 Å². The van der Waals surface area contributed by atoms with Gasteiger partial charge >= 0.3 is 6.03 Å². The van der Waals surface area contributed by atoms with E-state index >= 15 is 0 Å². The van der Waals surface area contributed by atoms with Gasteiger partial charge in [0.2, 0.25) is 5.91 Å². The fourth-order valence-electron chi connectivity index (χ4n) is 4.48. The number of nitrogens with zero attached hydrogens (tertiary/aromatic N) is 1. The average molecular weight is 474 g/mol. The number of hydrogen-bond acceptors (Lipinski definition) is 5. The topological polar surface area (TPSA) is 132 Å². The Hall–Kier alpha value is -2.94. The van der Waals surface area contributed by atoms with Crippen molar-refractivity contribution in [3.8, 4) is 0 Å². The van der Waals surface area contributed by atoms with Crippen molar-refractivity contribution in [2.75, 3.05) is 13.2 Å². The van der Waals surface area contributed by atoms with Gasteiger partial charge in [0.15, 0.2) is 0 Å². The number of benzene rings is 1. The number of carbonyl (C=O) groups is 2. The third-order valence-corrected chi connectivity index (χ3v) is 7.40. The summed E-state index contributed by atoms with van der Waals surface area (Å²) in [6, 6.07) is 4.76. The molecule has 1 aliphatic carbocycles. The van der Waals surface area contributed by atoms with E-state index in [-0.39, 0.29) is 24.9 Å². The molecule has 0 saturated heterocycles. The molecule has 0 radical (unpaired) electrons. The summed E-state index contributed by atoms with van der Waals surface area (Å²) in [5.74, 6) is -0.749. The van der Waals surface area contributed by atoms with Gasteiger partial charge in [-0.05, 0) is 44.4 Å². The zero-order valence-electron chi connectivity index (χ0n) is 20.6. The lowest BCUT2D eigenvalue weighted by atomic mass is 9.70. The molecule has 8 nitrogen and oxygen atoms in total. The Morgan fingerprint density at radius 3 is 2.47 bits per heavy atom. The Morgan fingerprint density at radius 2 is 1.94 bits per heavy atom. The quantitative estimate of drug-likeness (QED) is 0.321. The Kier molecular flexibility index (Phi) is 6.81. The molecule has 2 aliphatic rings. The molecule has 3 amide bonds. The number of amidine groups is 1. The minimum absolute atomic E-state index is 0.0376. The first-order valence-electron chi connectivity index (χ1n) is 11.6. The van der Waals surface area contributed by atoms with Crippen LogP contribution in [0.15, 0.2) is 35.5 Å². The number of hydrogen-bond donors (Lipinski definition) is 5. The highest BCUT2D eigenvalue weighted by atomic mass is 19.1. The van der Waals surface area contributed by atoms with Crippen LogP contribution in [0.1, 0.15) is 65.5 Å². The molecule has 0 spiro atoms. The van der Waals surface area contributed by atoms with E-state index in [0.29, 0.717) is 16.8 Å². The summed E-state index contributed by atoms with van der Waals surface area (Å²) in [4.78, 5) is 27.5. The summed E-state index contributed by atoms with van der Waals surface area (Å²) in [5.41, 5.74) is 5.43. The first-order valence-corrected chi connectivity index (χ1v) is 11.6. The first-order chi connectivity index (χ1) is 15.7. The van der Waals surface area contributed by atoms with Gasteiger partial charge in [-0.2, -0.15) is 0 Å². The second kappa shape index (κ2) is 9.02. The number of rotatable bonds is 6. The van der Waals surface area contributed by atoms with Crippen LogP contribution >= 0.6 is 0 Å². The third kappa shape index (κ3) is 4.66. The average Bonchev–Trinajstić information content (AvgIpc) is 2.99. The van der Waals surface area contributed by atoms with Gasteiger partial charge in [0.05, 0.1) is 24.7 Å². The number of urea groups is 1. The maximum absolute atomic E-state index is 13.9. The summed E-state index contributed by atoms with van der Waals surface area (Å²) < 4.78 is 13.9. The molecular weight excluding hydrogens is 437 g/mol. The molecule has 6 N–H and O–H groups in total. The van der Waals surface area contributed by atoms with Gasteiger partial charge in [-0.3, -0.25) is 10.2 Å². The summed E-state index contributed by atoms with van der Waals surface area (Å²) in [7, 11) is 0. The molecule has 1 unspecified atom stereocenters. The van der Waals surface area contributed by atoms with Crippen LogP contribution in [0.25, 0.3) is 0 Å². The second-order valence-electron chi connectivity index (χ2n) is 10.9. The predicted molar refractivity (Wildman–Crippen MR) is 128 cm³/mol. The zero-order chi connectivity index (χ0) is 25.5. The lowest BCUT2D eigenvalue weighted by molar-refractivity contribution is -0.132. The van der Waals surface area contributed by atoms with Crippen molar-refractivity contribution in [3.63, 3.8) is 0 Å². The van der Waals surface area contributed by atoms with E-state index < -0.39 is 34.3 Å². The number of aliphatic hydroxyl groups excluding tert-OH is 1. The fourth-order valence-corrected chi connectivity index (χ4v) is 4.48. The lowest BCUT2D eigenvalue weighted by Crippen LogP contribution is -2.53. The monoisotopic (exact) mass is 473 g/mol. The zero-order valence-corrected chi connectivity index (χ0v) is 20.6. The Bertz CT molecular complexity index is 1030. The maximum atomic E-state index is 13.9. The van der Waals surface area contributed by atoms with Crippen LogP contribution in [-0.4, -0.2) is 46.5 Å². The van der Waals surface area contributed by atoms with Gasteiger partial charge in [0, 0.05) is 22.1 Å². The lowest BCUT2D eigenvalue weighted by Gasteiger charge is -2.38. The van der Waals surface area contributed by atoms with E-state index in [4.69, 9.17) is 11.1 Å². The minimum Gasteiger partial charge on any atom is -0.400 e.